The lowest BCUT2D eigenvalue weighted by molar-refractivity contribution is -0.123. The second-order valence-corrected chi connectivity index (χ2v) is 6.46. The van der Waals surface area contributed by atoms with Crippen LogP contribution in [-0.2, 0) is 4.79 Å². The molecule has 1 aromatic carbocycles. The molecule has 2 aliphatic carbocycles. The number of nitrogens with one attached hydrogen (secondary N) is 1. The van der Waals surface area contributed by atoms with Crippen LogP contribution in [0.15, 0.2) is 18.2 Å². The van der Waals surface area contributed by atoms with Crippen LogP contribution in [0.5, 0.6) is 0 Å². The van der Waals surface area contributed by atoms with Crippen molar-refractivity contribution < 1.29 is 18.7 Å². The largest absolute Gasteiger partial charge is 0.396 e. The van der Waals surface area contributed by atoms with Gasteiger partial charge in [-0.25, -0.2) is 8.78 Å². The van der Waals surface area contributed by atoms with Gasteiger partial charge in [0, 0.05) is 30.6 Å². The smallest absolute Gasteiger partial charge is 0.223 e. The number of benzene rings is 1. The number of aliphatic hydroxyl groups excluding tert-OH is 1. The summed E-state index contributed by atoms with van der Waals surface area (Å²) < 4.78 is 26.7. The zero-order valence-corrected chi connectivity index (χ0v) is 12.4. The summed E-state index contributed by atoms with van der Waals surface area (Å²) in [6.07, 6.45) is 4.57. The fourth-order valence-electron chi connectivity index (χ4n) is 3.54. The third-order valence-electron chi connectivity index (χ3n) is 4.96. The van der Waals surface area contributed by atoms with E-state index in [-0.39, 0.29) is 36.3 Å². The molecule has 2 saturated carbocycles. The Morgan fingerprint density at radius 1 is 1.27 bits per heavy atom. The molecule has 0 aromatic heterocycles. The van der Waals surface area contributed by atoms with Crippen LogP contribution in [0.3, 0.4) is 0 Å². The van der Waals surface area contributed by atoms with Crippen molar-refractivity contribution in [3.8, 4) is 0 Å². The monoisotopic (exact) mass is 309 g/mol. The third kappa shape index (κ3) is 3.14. The Morgan fingerprint density at radius 2 is 2.05 bits per heavy atom. The predicted molar refractivity (Wildman–Crippen MR) is 78.2 cm³/mol. The van der Waals surface area contributed by atoms with Crippen LogP contribution in [0.2, 0.25) is 0 Å². The van der Waals surface area contributed by atoms with Crippen LogP contribution in [0.4, 0.5) is 8.78 Å². The minimum atomic E-state index is -0.601. The molecule has 1 amide bonds. The van der Waals surface area contributed by atoms with Gasteiger partial charge in [-0.3, -0.25) is 4.79 Å². The molecule has 1 aromatic rings. The Labute approximate surface area is 128 Å². The maximum absolute atomic E-state index is 13.7. The molecular formula is C17H21F2NO2. The average Bonchev–Trinajstić information content (AvgIpc) is 3.28. The molecule has 0 aliphatic heterocycles. The zero-order valence-electron chi connectivity index (χ0n) is 12.4. The minimum Gasteiger partial charge on any atom is -0.396 e. The van der Waals surface area contributed by atoms with Crippen molar-refractivity contribution >= 4 is 5.91 Å². The van der Waals surface area contributed by atoms with Crippen molar-refractivity contribution in [3.05, 3.63) is 35.4 Å². The summed E-state index contributed by atoms with van der Waals surface area (Å²) in [6.45, 7) is 0.0889. The Morgan fingerprint density at radius 3 is 2.77 bits per heavy atom. The molecule has 22 heavy (non-hydrogen) atoms. The van der Waals surface area contributed by atoms with E-state index in [0.29, 0.717) is 12.0 Å². The van der Waals surface area contributed by atoms with Crippen molar-refractivity contribution in [2.45, 2.75) is 44.1 Å². The molecule has 0 spiro atoms. The van der Waals surface area contributed by atoms with E-state index < -0.39 is 11.6 Å². The molecule has 0 bridgehead atoms. The predicted octanol–water partition coefficient (Wildman–Crippen LogP) is 2.74. The molecule has 0 saturated heterocycles. The van der Waals surface area contributed by atoms with Gasteiger partial charge in [0.15, 0.2) is 0 Å². The molecule has 4 atom stereocenters. The maximum Gasteiger partial charge on any atom is 0.223 e. The average molecular weight is 309 g/mol. The SMILES string of the molecule is O=C(NC1CCCCC1CO)C1CC1c1ccc(F)cc1F. The normalized spacial score (nSPS) is 30.9. The molecule has 3 nitrogen and oxygen atoms in total. The van der Waals surface area contributed by atoms with Gasteiger partial charge in [-0.15, -0.1) is 0 Å². The fourth-order valence-corrected chi connectivity index (χ4v) is 3.54. The van der Waals surface area contributed by atoms with E-state index in [9.17, 15) is 18.7 Å². The van der Waals surface area contributed by atoms with Crippen LogP contribution in [0, 0.1) is 23.5 Å². The number of carbonyl (C=O) groups is 1. The third-order valence-corrected chi connectivity index (χ3v) is 4.96. The first-order valence-electron chi connectivity index (χ1n) is 7.96. The second-order valence-electron chi connectivity index (χ2n) is 6.46. The van der Waals surface area contributed by atoms with E-state index in [1.807, 2.05) is 0 Å². The lowest BCUT2D eigenvalue weighted by Crippen LogP contribution is -2.44. The van der Waals surface area contributed by atoms with Crippen LogP contribution in [-0.4, -0.2) is 23.7 Å². The summed E-state index contributed by atoms with van der Waals surface area (Å²) >= 11 is 0. The Hall–Kier alpha value is -1.49. The Balaban J connectivity index is 1.60. The van der Waals surface area contributed by atoms with Crippen LogP contribution >= 0.6 is 0 Å². The first-order chi connectivity index (χ1) is 10.6. The van der Waals surface area contributed by atoms with Gasteiger partial charge in [-0.05, 0) is 36.8 Å². The summed E-state index contributed by atoms with van der Waals surface area (Å²) in [5.41, 5.74) is 0.420. The first kappa shape index (κ1) is 15.4. The number of halogens is 2. The molecular weight excluding hydrogens is 288 g/mol. The molecule has 5 heteroatoms. The molecule has 0 radical (unpaired) electrons. The molecule has 2 aliphatic rings. The van der Waals surface area contributed by atoms with Gasteiger partial charge in [0.25, 0.3) is 0 Å². The minimum absolute atomic E-state index is 0.0190. The summed E-state index contributed by atoms with van der Waals surface area (Å²) in [5, 5.41) is 12.4. The molecule has 2 N–H and O–H groups in total. The number of hydrogen-bond acceptors (Lipinski definition) is 2. The van der Waals surface area contributed by atoms with Crippen molar-refractivity contribution in [2.75, 3.05) is 6.61 Å². The summed E-state index contributed by atoms with van der Waals surface area (Å²) in [4.78, 5) is 12.3. The number of carbonyl (C=O) groups excluding carboxylic acids is 1. The van der Waals surface area contributed by atoms with Crippen LogP contribution in [0.25, 0.3) is 0 Å². The fraction of sp³-hybridized carbons (Fsp3) is 0.588. The second kappa shape index (κ2) is 6.32. The van der Waals surface area contributed by atoms with Crippen molar-refractivity contribution in [1.82, 2.24) is 5.32 Å². The van der Waals surface area contributed by atoms with Crippen LogP contribution in [0.1, 0.15) is 43.6 Å². The van der Waals surface area contributed by atoms with E-state index in [4.69, 9.17) is 0 Å². The van der Waals surface area contributed by atoms with Crippen molar-refractivity contribution in [2.24, 2.45) is 11.8 Å². The first-order valence-corrected chi connectivity index (χ1v) is 7.96. The van der Waals surface area contributed by atoms with Gasteiger partial charge >= 0.3 is 0 Å². The molecule has 4 unspecified atom stereocenters. The number of hydrogen-bond donors (Lipinski definition) is 2. The van der Waals surface area contributed by atoms with Gasteiger partial charge in [-0.2, -0.15) is 0 Å². The summed E-state index contributed by atoms with van der Waals surface area (Å²) in [6, 6.07) is 3.55. The molecule has 2 fully saturated rings. The number of rotatable bonds is 4. The highest BCUT2D eigenvalue weighted by Crippen LogP contribution is 2.48. The van der Waals surface area contributed by atoms with E-state index in [0.717, 1.165) is 31.7 Å². The summed E-state index contributed by atoms with van der Waals surface area (Å²) in [5.74, 6) is -1.52. The number of amides is 1. The van der Waals surface area contributed by atoms with Gasteiger partial charge in [0.05, 0.1) is 0 Å². The lowest BCUT2D eigenvalue weighted by Gasteiger charge is -2.31. The van der Waals surface area contributed by atoms with E-state index in [1.165, 1.54) is 12.1 Å². The topological polar surface area (TPSA) is 49.3 Å². The van der Waals surface area contributed by atoms with Gasteiger partial charge in [0.1, 0.15) is 11.6 Å². The standard InChI is InChI=1S/C17H21F2NO2/c18-11-5-6-12(15(19)7-11)13-8-14(13)17(22)20-16-4-2-1-3-10(16)9-21/h5-7,10,13-14,16,21H,1-4,8-9H2,(H,20,22). The lowest BCUT2D eigenvalue weighted by atomic mass is 9.85. The molecule has 0 heterocycles. The molecule has 3 rings (SSSR count). The Bertz CT molecular complexity index is 564. The van der Waals surface area contributed by atoms with Crippen LogP contribution < -0.4 is 5.32 Å². The van der Waals surface area contributed by atoms with Gasteiger partial charge < -0.3 is 10.4 Å². The highest BCUT2D eigenvalue weighted by atomic mass is 19.1. The van der Waals surface area contributed by atoms with E-state index in [1.54, 1.807) is 0 Å². The maximum atomic E-state index is 13.7. The highest BCUT2D eigenvalue weighted by Gasteiger charge is 2.46. The summed E-state index contributed by atoms with van der Waals surface area (Å²) in [7, 11) is 0. The molecule has 120 valence electrons. The van der Waals surface area contributed by atoms with E-state index in [2.05, 4.69) is 5.32 Å². The number of aliphatic hydroxyl groups is 1. The zero-order chi connectivity index (χ0) is 15.7. The van der Waals surface area contributed by atoms with E-state index >= 15 is 0 Å². The van der Waals surface area contributed by atoms with Gasteiger partial charge in [0.2, 0.25) is 5.91 Å². The van der Waals surface area contributed by atoms with Crippen molar-refractivity contribution in [1.29, 1.82) is 0 Å². The Kier molecular flexibility index (Phi) is 4.43. The van der Waals surface area contributed by atoms with Gasteiger partial charge in [-0.1, -0.05) is 18.9 Å². The highest BCUT2D eigenvalue weighted by molar-refractivity contribution is 5.83. The quantitative estimate of drug-likeness (QED) is 0.898. The van der Waals surface area contributed by atoms with Crippen molar-refractivity contribution in [3.63, 3.8) is 0 Å².